The number of hydrogen-bond donors (Lipinski definition) is 1. The fourth-order valence-corrected chi connectivity index (χ4v) is 1.38. The van der Waals surface area contributed by atoms with E-state index in [1.165, 1.54) is 6.92 Å². The maximum atomic E-state index is 12.6. The van der Waals surface area contributed by atoms with E-state index in [-0.39, 0.29) is 0 Å². The molecule has 17 heavy (non-hydrogen) atoms. The second-order valence-corrected chi connectivity index (χ2v) is 3.92. The first-order chi connectivity index (χ1) is 8.24. The lowest BCUT2D eigenvalue weighted by atomic mass is 10.2. The van der Waals surface area contributed by atoms with Crippen LogP contribution in [0.1, 0.15) is 19.8 Å². The molecule has 0 aliphatic heterocycles. The molecule has 0 unspecified atom stereocenters. The Morgan fingerprint density at radius 1 is 1.47 bits per heavy atom. The number of halogens is 1. The summed E-state index contributed by atoms with van der Waals surface area (Å²) in [5.41, 5.74) is 0.945. The van der Waals surface area contributed by atoms with Gasteiger partial charge in [0, 0.05) is 13.0 Å². The zero-order chi connectivity index (χ0) is 12.5. The zero-order valence-corrected chi connectivity index (χ0v) is 10.3. The monoisotopic (exact) mass is 237 g/mol. The second-order valence-electron chi connectivity index (χ2n) is 3.92. The molecular weight excluding hydrogens is 217 g/mol. The summed E-state index contributed by atoms with van der Waals surface area (Å²) in [6.45, 7) is 6.43. The molecule has 0 saturated carbocycles. The molecule has 1 aromatic carbocycles. The summed E-state index contributed by atoms with van der Waals surface area (Å²) in [5, 5.41) is 3.26. The van der Waals surface area contributed by atoms with Crippen LogP contribution in [-0.4, -0.2) is 19.3 Å². The molecule has 0 heterocycles. The number of benzene rings is 1. The van der Waals surface area contributed by atoms with Crippen molar-refractivity contribution in [3.8, 4) is 5.75 Å². The molecule has 0 fully saturated rings. The zero-order valence-electron chi connectivity index (χ0n) is 10.3. The van der Waals surface area contributed by atoms with Gasteiger partial charge in [-0.3, -0.25) is 0 Å². The van der Waals surface area contributed by atoms with Crippen LogP contribution in [0.25, 0.3) is 0 Å². The SMILES string of the molecule is C=CCCNc1ccccc1OCC[C@@H](C)F. The maximum Gasteiger partial charge on any atom is 0.142 e. The molecule has 0 aromatic heterocycles. The van der Waals surface area contributed by atoms with Crippen LogP contribution in [0.5, 0.6) is 5.75 Å². The van der Waals surface area contributed by atoms with Crippen LogP contribution in [0, 0.1) is 0 Å². The van der Waals surface area contributed by atoms with Gasteiger partial charge in [-0.25, -0.2) is 4.39 Å². The fourth-order valence-electron chi connectivity index (χ4n) is 1.38. The van der Waals surface area contributed by atoms with Crippen molar-refractivity contribution in [1.82, 2.24) is 0 Å². The summed E-state index contributed by atoms with van der Waals surface area (Å²) in [6, 6.07) is 7.70. The summed E-state index contributed by atoms with van der Waals surface area (Å²) in [7, 11) is 0. The third-order valence-corrected chi connectivity index (χ3v) is 2.32. The molecule has 0 aliphatic carbocycles. The van der Waals surface area contributed by atoms with Crippen LogP contribution in [-0.2, 0) is 0 Å². The van der Waals surface area contributed by atoms with E-state index >= 15 is 0 Å². The molecule has 0 aliphatic rings. The maximum absolute atomic E-state index is 12.6. The van der Waals surface area contributed by atoms with Gasteiger partial charge in [0.25, 0.3) is 0 Å². The van der Waals surface area contributed by atoms with Crippen molar-refractivity contribution in [3.05, 3.63) is 36.9 Å². The summed E-state index contributed by atoms with van der Waals surface area (Å²) in [5.74, 6) is 0.775. The van der Waals surface area contributed by atoms with Gasteiger partial charge in [-0.15, -0.1) is 6.58 Å². The van der Waals surface area contributed by atoms with Gasteiger partial charge < -0.3 is 10.1 Å². The molecule has 94 valence electrons. The molecular formula is C14H20FNO. The first kappa shape index (κ1) is 13.6. The van der Waals surface area contributed by atoms with Gasteiger partial charge in [-0.05, 0) is 25.5 Å². The topological polar surface area (TPSA) is 21.3 Å². The molecule has 2 nitrogen and oxygen atoms in total. The quantitative estimate of drug-likeness (QED) is 0.548. The predicted octanol–water partition coefficient (Wildman–Crippen LogP) is 3.80. The summed E-state index contributed by atoms with van der Waals surface area (Å²) >= 11 is 0. The van der Waals surface area contributed by atoms with Crippen molar-refractivity contribution in [2.75, 3.05) is 18.5 Å². The predicted molar refractivity (Wildman–Crippen MR) is 70.4 cm³/mol. The Morgan fingerprint density at radius 2 is 2.24 bits per heavy atom. The summed E-state index contributed by atoms with van der Waals surface area (Å²) in [6.07, 6.45) is 2.36. The first-order valence-corrected chi connectivity index (χ1v) is 5.94. The fraction of sp³-hybridized carbons (Fsp3) is 0.429. The van der Waals surface area contributed by atoms with Gasteiger partial charge in [0.1, 0.15) is 11.9 Å². The Balaban J connectivity index is 2.48. The second kappa shape index (κ2) is 7.71. The van der Waals surface area contributed by atoms with E-state index in [4.69, 9.17) is 4.74 Å². The van der Waals surface area contributed by atoms with E-state index < -0.39 is 6.17 Å². The van der Waals surface area contributed by atoms with Crippen LogP contribution >= 0.6 is 0 Å². The van der Waals surface area contributed by atoms with Gasteiger partial charge in [-0.1, -0.05) is 18.2 Å². The number of hydrogen-bond acceptors (Lipinski definition) is 2. The Hall–Kier alpha value is -1.51. The largest absolute Gasteiger partial charge is 0.491 e. The molecule has 3 heteroatoms. The Bertz CT molecular complexity index is 339. The molecule has 0 saturated heterocycles. The Morgan fingerprint density at radius 3 is 2.94 bits per heavy atom. The Labute approximate surface area is 102 Å². The van der Waals surface area contributed by atoms with E-state index in [0.717, 1.165) is 24.4 Å². The molecule has 1 N–H and O–H groups in total. The highest BCUT2D eigenvalue weighted by Crippen LogP contribution is 2.23. The lowest BCUT2D eigenvalue weighted by molar-refractivity contribution is 0.247. The van der Waals surface area contributed by atoms with Gasteiger partial charge in [-0.2, -0.15) is 0 Å². The number of para-hydroxylation sites is 2. The lowest BCUT2D eigenvalue weighted by Crippen LogP contribution is -2.07. The van der Waals surface area contributed by atoms with E-state index in [1.807, 2.05) is 30.3 Å². The normalized spacial score (nSPS) is 11.9. The van der Waals surface area contributed by atoms with E-state index in [9.17, 15) is 4.39 Å². The summed E-state index contributed by atoms with van der Waals surface area (Å²) in [4.78, 5) is 0. The van der Waals surface area contributed by atoms with Gasteiger partial charge >= 0.3 is 0 Å². The van der Waals surface area contributed by atoms with Crippen molar-refractivity contribution >= 4 is 5.69 Å². The van der Waals surface area contributed by atoms with Crippen molar-refractivity contribution in [3.63, 3.8) is 0 Å². The average Bonchev–Trinajstić information content (AvgIpc) is 2.31. The van der Waals surface area contributed by atoms with Crippen LogP contribution in [0.2, 0.25) is 0 Å². The summed E-state index contributed by atoms with van der Waals surface area (Å²) < 4.78 is 18.2. The van der Waals surface area contributed by atoms with Gasteiger partial charge in [0.15, 0.2) is 0 Å². The van der Waals surface area contributed by atoms with Gasteiger partial charge in [0.2, 0.25) is 0 Å². The van der Waals surface area contributed by atoms with Crippen molar-refractivity contribution in [1.29, 1.82) is 0 Å². The molecule has 1 aromatic rings. The van der Waals surface area contributed by atoms with Crippen LogP contribution < -0.4 is 10.1 Å². The number of alkyl halides is 1. The highest BCUT2D eigenvalue weighted by molar-refractivity contribution is 5.56. The number of rotatable bonds is 8. The highest BCUT2D eigenvalue weighted by Gasteiger charge is 2.03. The first-order valence-electron chi connectivity index (χ1n) is 5.94. The lowest BCUT2D eigenvalue weighted by Gasteiger charge is -2.12. The van der Waals surface area contributed by atoms with Crippen LogP contribution in [0.15, 0.2) is 36.9 Å². The average molecular weight is 237 g/mol. The molecule has 0 bridgehead atoms. The van der Waals surface area contributed by atoms with Crippen LogP contribution in [0.3, 0.4) is 0 Å². The number of ether oxygens (including phenoxy) is 1. The molecule has 0 spiro atoms. The third-order valence-electron chi connectivity index (χ3n) is 2.32. The molecule has 1 rings (SSSR count). The molecule has 0 radical (unpaired) electrons. The van der Waals surface area contributed by atoms with Gasteiger partial charge in [0.05, 0.1) is 12.3 Å². The third kappa shape index (κ3) is 5.38. The highest BCUT2D eigenvalue weighted by atomic mass is 19.1. The van der Waals surface area contributed by atoms with E-state index in [2.05, 4.69) is 11.9 Å². The van der Waals surface area contributed by atoms with Crippen molar-refractivity contribution < 1.29 is 9.13 Å². The minimum absolute atomic E-state index is 0.401. The van der Waals surface area contributed by atoms with Crippen molar-refractivity contribution in [2.45, 2.75) is 25.9 Å². The van der Waals surface area contributed by atoms with E-state index in [1.54, 1.807) is 0 Å². The number of anilines is 1. The van der Waals surface area contributed by atoms with Crippen molar-refractivity contribution in [2.24, 2.45) is 0 Å². The smallest absolute Gasteiger partial charge is 0.142 e. The van der Waals surface area contributed by atoms with E-state index in [0.29, 0.717) is 13.0 Å². The van der Waals surface area contributed by atoms with Crippen LogP contribution in [0.4, 0.5) is 10.1 Å². The molecule has 1 atom stereocenters. The Kier molecular flexibility index (Phi) is 6.15. The number of nitrogens with one attached hydrogen (secondary N) is 1. The standard InChI is InChI=1S/C14H20FNO/c1-3-4-10-16-13-7-5-6-8-14(13)17-11-9-12(2)15/h3,5-8,12,16H,1,4,9-11H2,2H3/t12-/m1/s1. The molecule has 0 amide bonds. The minimum Gasteiger partial charge on any atom is -0.491 e. The minimum atomic E-state index is -0.823.